The normalized spacial score (nSPS) is 20.2. The summed E-state index contributed by atoms with van der Waals surface area (Å²) in [6.45, 7) is 14.2. The lowest BCUT2D eigenvalue weighted by molar-refractivity contribution is 0.177. The second kappa shape index (κ2) is 8.18. The molecule has 4 nitrogen and oxygen atoms in total. The third kappa shape index (κ3) is 4.92. The quantitative estimate of drug-likeness (QED) is 0.760. The summed E-state index contributed by atoms with van der Waals surface area (Å²) >= 11 is 0. The number of hydrogen-bond acceptors (Lipinski definition) is 4. The average molecular weight is 378 g/mol. The van der Waals surface area contributed by atoms with Crippen molar-refractivity contribution in [2.45, 2.75) is 57.5 Å². The van der Waals surface area contributed by atoms with E-state index in [4.69, 9.17) is 9.69 Å². The number of nitriles is 1. The number of rotatable bonds is 6. The van der Waals surface area contributed by atoms with Crippen molar-refractivity contribution in [3.05, 3.63) is 35.1 Å². The minimum absolute atomic E-state index is 0.0642. The highest BCUT2D eigenvalue weighted by Crippen LogP contribution is 2.38. The lowest BCUT2D eigenvalue weighted by Gasteiger charge is -2.38. The molecular weight excluding hydrogens is 345 g/mol. The number of nitrogens with one attached hydrogen (secondary N) is 1. The zero-order chi connectivity index (χ0) is 19.5. The summed E-state index contributed by atoms with van der Waals surface area (Å²) in [6.07, 6.45) is 1.34. The van der Waals surface area contributed by atoms with Gasteiger partial charge in [-0.05, 0) is 49.3 Å². The zero-order valence-electron chi connectivity index (χ0n) is 16.9. The molecule has 144 valence electrons. The lowest BCUT2D eigenvalue weighted by Crippen LogP contribution is -2.44. The molecule has 1 saturated heterocycles. The van der Waals surface area contributed by atoms with Crippen molar-refractivity contribution in [3.8, 4) is 6.07 Å². The van der Waals surface area contributed by atoms with Crippen molar-refractivity contribution in [2.75, 3.05) is 26.7 Å². The molecule has 2 atom stereocenters. The van der Waals surface area contributed by atoms with Crippen molar-refractivity contribution in [3.63, 3.8) is 0 Å². The Labute approximate surface area is 158 Å². The maximum Gasteiger partial charge on any atom is 0.192 e. The van der Waals surface area contributed by atoms with Crippen LogP contribution in [0.3, 0.4) is 0 Å². The van der Waals surface area contributed by atoms with Crippen LogP contribution >= 0.6 is 0 Å². The molecule has 26 heavy (non-hydrogen) atoms. The standard InChI is InChI=1S/C20H32FN3OSi/c1-20(2,3)26(5,6)25-17-9-10-24(13-17)14-19(23-4)15-7-8-18(21)16(11-15)12-22/h7-8,11,17,19,23H,9-10,13-14H2,1-6H3/t17-,19?/m0/s1. The van der Waals surface area contributed by atoms with E-state index in [9.17, 15) is 4.39 Å². The van der Waals surface area contributed by atoms with Crippen LogP contribution in [0.4, 0.5) is 4.39 Å². The third-order valence-electron chi connectivity index (χ3n) is 5.80. The molecular formula is C20H32FN3OSi. The molecule has 0 radical (unpaired) electrons. The number of hydrogen-bond donors (Lipinski definition) is 1. The van der Waals surface area contributed by atoms with Crippen LogP contribution in [0.2, 0.25) is 18.1 Å². The number of likely N-dealkylation sites (N-methyl/N-ethyl adjacent to an activating group) is 1. The first-order valence-electron chi connectivity index (χ1n) is 9.34. The van der Waals surface area contributed by atoms with Crippen molar-refractivity contribution in [2.24, 2.45) is 0 Å². The van der Waals surface area contributed by atoms with Crippen LogP contribution in [0.5, 0.6) is 0 Å². The Kier molecular flexibility index (Phi) is 6.62. The van der Waals surface area contributed by atoms with E-state index in [1.54, 1.807) is 12.1 Å². The number of likely N-dealkylation sites (tertiary alicyclic amines) is 1. The van der Waals surface area contributed by atoms with E-state index in [1.807, 2.05) is 13.1 Å². The van der Waals surface area contributed by atoms with Crippen molar-refractivity contribution < 1.29 is 8.82 Å². The van der Waals surface area contributed by atoms with Gasteiger partial charge in [0.05, 0.1) is 11.7 Å². The second-order valence-corrected chi connectivity index (χ2v) is 13.5. The molecule has 1 aliphatic rings. The number of halogens is 1. The summed E-state index contributed by atoms with van der Waals surface area (Å²) in [5.41, 5.74) is 1.04. The molecule has 0 bridgehead atoms. The Hall–Kier alpha value is -1.26. The van der Waals surface area contributed by atoms with Gasteiger partial charge in [-0.15, -0.1) is 0 Å². The van der Waals surface area contributed by atoms with Crippen molar-refractivity contribution >= 4 is 8.32 Å². The molecule has 0 aliphatic carbocycles. The fraction of sp³-hybridized carbons (Fsp3) is 0.650. The first-order valence-corrected chi connectivity index (χ1v) is 12.2. The molecule has 1 aromatic rings. The third-order valence-corrected chi connectivity index (χ3v) is 10.3. The Balaban J connectivity index is 1.99. The van der Waals surface area contributed by atoms with E-state index < -0.39 is 14.1 Å². The van der Waals surface area contributed by atoms with Gasteiger partial charge >= 0.3 is 0 Å². The zero-order valence-corrected chi connectivity index (χ0v) is 17.9. The molecule has 1 aromatic carbocycles. The summed E-state index contributed by atoms with van der Waals surface area (Å²) in [5.74, 6) is -0.463. The van der Waals surface area contributed by atoms with Crippen LogP contribution in [0.1, 0.15) is 44.4 Å². The van der Waals surface area contributed by atoms with E-state index >= 15 is 0 Å². The Morgan fingerprint density at radius 1 is 1.42 bits per heavy atom. The summed E-state index contributed by atoms with van der Waals surface area (Å²) < 4.78 is 20.1. The van der Waals surface area contributed by atoms with Gasteiger partial charge in [0.25, 0.3) is 0 Å². The van der Waals surface area contributed by atoms with Crippen molar-refractivity contribution in [1.82, 2.24) is 10.2 Å². The minimum Gasteiger partial charge on any atom is -0.413 e. The molecule has 0 aromatic heterocycles. The first kappa shape index (κ1) is 21.0. The summed E-state index contributed by atoms with van der Waals surface area (Å²) in [5, 5.41) is 12.6. The van der Waals surface area contributed by atoms with E-state index in [0.29, 0.717) is 0 Å². The van der Waals surface area contributed by atoms with E-state index in [1.165, 1.54) is 6.07 Å². The summed E-state index contributed by atoms with van der Waals surface area (Å²) in [4.78, 5) is 2.40. The highest BCUT2D eigenvalue weighted by atomic mass is 28.4. The fourth-order valence-corrected chi connectivity index (χ4v) is 4.50. The Morgan fingerprint density at radius 2 is 2.12 bits per heavy atom. The van der Waals surface area contributed by atoms with Crippen LogP contribution in [0.15, 0.2) is 18.2 Å². The Bertz CT molecular complexity index is 666. The van der Waals surface area contributed by atoms with Gasteiger partial charge in [0.2, 0.25) is 0 Å². The van der Waals surface area contributed by atoms with Gasteiger partial charge in [0, 0.05) is 25.7 Å². The van der Waals surface area contributed by atoms with Crippen LogP contribution < -0.4 is 5.32 Å². The highest BCUT2D eigenvalue weighted by Gasteiger charge is 2.40. The maximum atomic E-state index is 13.6. The Morgan fingerprint density at radius 3 is 2.69 bits per heavy atom. The predicted octanol–water partition coefficient (Wildman–Crippen LogP) is 4.05. The van der Waals surface area contributed by atoms with Crippen LogP contribution in [0.25, 0.3) is 0 Å². The molecule has 6 heteroatoms. The average Bonchev–Trinajstić information content (AvgIpc) is 2.98. The first-order chi connectivity index (χ1) is 12.1. The van der Waals surface area contributed by atoms with Gasteiger partial charge in [0.15, 0.2) is 8.32 Å². The SMILES string of the molecule is CNC(CN1CC[C@H](O[Si](C)(C)C(C)(C)C)C1)c1ccc(F)c(C#N)c1. The molecule has 0 amide bonds. The summed E-state index contributed by atoms with van der Waals surface area (Å²) in [7, 11) is 0.152. The van der Waals surface area contributed by atoms with Gasteiger partial charge < -0.3 is 9.74 Å². The van der Waals surface area contributed by atoms with E-state index in [-0.39, 0.29) is 22.7 Å². The highest BCUT2D eigenvalue weighted by molar-refractivity contribution is 6.74. The van der Waals surface area contributed by atoms with Crippen LogP contribution in [-0.2, 0) is 4.43 Å². The smallest absolute Gasteiger partial charge is 0.192 e. The van der Waals surface area contributed by atoms with E-state index in [2.05, 4.69) is 44.1 Å². The number of nitrogens with zero attached hydrogens (tertiary/aromatic N) is 2. The van der Waals surface area contributed by atoms with Gasteiger partial charge in [0.1, 0.15) is 11.9 Å². The molecule has 1 N–H and O–H groups in total. The van der Waals surface area contributed by atoms with Gasteiger partial charge in [-0.1, -0.05) is 26.8 Å². The monoisotopic (exact) mass is 377 g/mol. The minimum atomic E-state index is -1.75. The molecule has 0 spiro atoms. The van der Waals surface area contributed by atoms with Gasteiger partial charge in [-0.2, -0.15) is 5.26 Å². The molecule has 1 fully saturated rings. The van der Waals surface area contributed by atoms with E-state index in [0.717, 1.165) is 31.6 Å². The van der Waals surface area contributed by atoms with Crippen LogP contribution in [-0.4, -0.2) is 46.0 Å². The fourth-order valence-electron chi connectivity index (χ4n) is 3.12. The number of benzene rings is 1. The lowest BCUT2D eigenvalue weighted by atomic mass is 10.0. The maximum absolute atomic E-state index is 13.6. The second-order valence-electron chi connectivity index (χ2n) is 8.74. The van der Waals surface area contributed by atoms with Crippen LogP contribution in [0, 0.1) is 17.1 Å². The largest absolute Gasteiger partial charge is 0.413 e. The van der Waals surface area contributed by atoms with Crippen molar-refractivity contribution in [1.29, 1.82) is 5.26 Å². The van der Waals surface area contributed by atoms with Gasteiger partial charge in [-0.3, -0.25) is 4.90 Å². The topological polar surface area (TPSA) is 48.3 Å². The molecule has 1 unspecified atom stereocenters. The van der Waals surface area contributed by atoms with Gasteiger partial charge in [-0.25, -0.2) is 4.39 Å². The predicted molar refractivity (Wildman–Crippen MR) is 106 cm³/mol. The molecule has 1 heterocycles. The molecule has 0 saturated carbocycles. The molecule has 1 aliphatic heterocycles. The molecule has 2 rings (SSSR count). The summed E-state index contributed by atoms with van der Waals surface area (Å²) in [6, 6.07) is 6.78.